The molecular formula is C12H13Cl2NO2S. The lowest BCUT2D eigenvalue weighted by Gasteiger charge is -2.38. The van der Waals surface area contributed by atoms with Crippen LogP contribution in [-0.4, -0.2) is 41.4 Å². The van der Waals surface area contributed by atoms with E-state index < -0.39 is 0 Å². The second-order valence-electron chi connectivity index (χ2n) is 4.21. The molecule has 1 aromatic rings. The molecule has 0 bridgehead atoms. The fraction of sp³-hybridized carbons (Fsp3) is 0.417. The molecule has 18 heavy (non-hydrogen) atoms. The highest BCUT2D eigenvalue weighted by Gasteiger charge is 2.29. The van der Waals surface area contributed by atoms with Crippen molar-refractivity contribution in [2.75, 3.05) is 25.4 Å². The van der Waals surface area contributed by atoms with E-state index in [1.807, 2.05) is 0 Å². The molecule has 98 valence electrons. The third kappa shape index (κ3) is 3.32. The Morgan fingerprint density at radius 2 is 2.17 bits per heavy atom. The second-order valence-corrected chi connectivity index (χ2v) is 6.07. The molecule has 0 aromatic heterocycles. The van der Waals surface area contributed by atoms with Crippen molar-refractivity contribution in [1.82, 2.24) is 4.90 Å². The third-order valence-electron chi connectivity index (χ3n) is 2.81. The van der Waals surface area contributed by atoms with Crippen molar-refractivity contribution in [3.8, 4) is 0 Å². The molecule has 0 saturated carbocycles. The maximum atomic E-state index is 11.8. The summed E-state index contributed by atoms with van der Waals surface area (Å²) in [6, 6.07) is 5.20. The summed E-state index contributed by atoms with van der Waals surface area (Å²) in [7, 11) is 0. The zero-order valence-electron chi connectivity index (χ0n) is 9.60. The number of rotatable bonds is 4. The molecule has 3 nitrogen and oxygen atoms in total. The number of benzene rings is 1. The fourth-order valence-electron chi connectivity index (χ4n) is 1.71. The van der Waals surface area contributed by atoms with E-state index in [1.165, 1.54) is 11.8 Å². The molecule has 1 amide bonds. The van der Waals surface area contributed by atoms with Crippen molar-refractivity contribution in [3.63, 3.8) is 0 Å². The van der Waals surface area contributed by atoms with E-state index in [2.05, 4.69) is 0 Å². The molecule has 1 saturated heterocycles. The first-order valence-electron chi connectivity index (χ1n) is 5.56. The lowest BCUT2D eigenvalue weighted by atomic mass is 10.0. The molecule has 0 unspecified atom stereocenters. The standard InChI is InChI=1S/C12H13Cl2NO2S/c13-9-1-2-10(14)11(3-9)18-7-12(17)15-4-8(5-15)6-16/h1-3,8,16H,4-7H2. The van der Waals surface area contributed by atoms with E-state index >= 15 is 0 Å². The average Bonchev–Trinajstić information content (AvgIpc) is 2.29. The van der Waals surface area contributed by atoms with Crippen LogP contribution < -0.4 is 0 Å². The van der Waals surface area contributed by atoms with Gasteiger partial charge in [0.15, 0.2) is 0 Å². The predicted octanol–water partition coefficient (Wildman–Crippen LogP) is 2.54. The van der Waals surface area contributed by atoms with Crippen LogP contribution in [-0.2, 0) is 4.79 Å². The largest absolute Gasteiger partial charge is 0.396 e. The first kappa shape index (κ1) is 14.0. The minimum Gasteiger partial charge on any atom is -0.396 e. The molecule has 0 atom stereocenters. The van der Waals surface area contributed by atoms with Gasteiger partial charge in [-0.3, -0.25) is 4.79 Å². The summed E-state index contributed by atoms with van der Waals surface area (Å²) >= 11 is 13.3. The second kappa shape index (κ2) is 6.15. The van der Waals surface area contributed by atoms with Gasteiger partial charge in [0.2, 0.25) is 5.91 Å². The molecule has 1 aliphatic rings. The van der Waals surface area contributed by atoms with Crippen LogP contribution in [0.25, 0.3) is 0 Å². The van der Waals surface area contributed by atoms with Crippen molar-refractivity contribution < 1.29 is 9.90 Å². The first-order valence-corrected chi connectivity index (χ1v) is 7.31. The van der Waals surface area contributed by atoms with Crippen LogP contribution in [0.4, 0.5) is 0 Å². The number of aliphatic hydroxyl groups excluding tert-OH is 1. The molecule has 1 N–H and O–H groups in total. The third-order valence-corrected chi connectivity index (χ3v) is 4.53. The van der Waals surface area contributed by atoms with Crippen LogP contribution in [0.1, 0.15) is 0 Å². The molecule has 1 heterocycles. The Labute approximate surface area is 120 Å². The lowest BCUT2D eigenvalue weighted by molar-refractivity contribution is -0.135. The Morgan fingerprint density at radius 1 is 1.44 bits per heavy atom. The van der Waals surface area contributed by atoms with Crippen LogP contribution >= 0.6 is 35.0 Å². The van der Waals surface area contributed by atoms with Crippen molar-refractivity contribution in [1.29, 1.82) is 0 Å². The summed E-state index contributed by atoms with van der Waals surface area (Å²) in [5.74, 6) is 0.660. The van der Waals surface area contributed by atoms with Gasteiger partial charge in [-0.2, -0.15) is 0 Å². The Morgan fingerprint density at radius 3 is 2.83 bits per heavy atom. The van der Waals surface area contributed by atoms with Crippen molar-refractivity contribution in [2.24, 2.45) is 5.92 Å². The van der Waals surface area contributed by atoms with Gasteiger partial charge < -0.3 is 10.0 Å². The average molecular weight is 306 g/mol. The number of nitrogens with zero attached hydrogens (tertiary/aromatic N) is 1. The number of hydrogen-bond acceptors (Lipinski definition) is 3. The molecule has 2 rings (SSSR count). The van der Waals surface area contributed by atoms with E-state index in [9.17, 15) is 4.79 Å². The van der Waals surface area contributed by atoms with E-state index in [4.69, 9.17) is 28.3 Å². The number of carbonyl (C=O) groups excluding carboxylic acids is 1. The van der Waals surface area contributed by atoms with Crippen LogP contribution in [0.5, 0.6) is 0 Å². The number of likely N-dealkylation sites (tertiary alicyclic amines) is 1. The predicted molar refractivity (Wildman–Crippen MR) is 74.3 cm³/mol. The SMILES string of the molecule is O=C(CSc1cc(Cl)ccc1Cl)N1CC(CO)C1. The molecule has 0 radical (unpaired) electrons. The van der Waals surface area contributed by atoms with Gasteiger partial charge in [0, 0.05) is 35.5 Å². The Hall–Kier alpha value is -0.420. The van der Waals surface area contributed by atoms with Gasteiger partial charge >= 0.3 is 0 Å². The zero-order chi connectivity index (χ0) is 13.1. The van der Waals surface area contributed by atoms with Crippen molar-refractivity contribution in [3.05, 3.63) is 28.2 Å². The van der Waals surface area contributed by atoms with Gasteiger partial charge in [0.05, 0.1) is 10.8 Å². The van der Waals surface area contributed by atoms with Gasteiger partial charge in [-0.1, -0.05) is 23.2 Å². The van der Waals surface area contributed by atoms with Gasteiger partial charge in [-0.05, 0) is 18.2 Å². The summed E-state index contributed by atoms with van der Waals surface area (Å²) in [6.45, 7) is 1.45. The maximum Gasteiger partial charge on any atom is 0.232 e. The quantitative estimate of drug-likeness (QED) is 0.869. The Balaban J connectivity index is 1.84. The van der Waals surface area contributed by atoms with Gasteiger partial charge in [0.25, 0.3) is 0 Å². The smallest absolute Gasteiger partial charge is 0.232 e. The minimum absolute atomic E-state index is 0.0701. The number of carbonyl (C=O) groups is 1. The molecule has 1 aliphatic heterocycles. The number of thioether (sulfide) groups is 1. The van der Waals surface area contributed by atoms with Crippen molar-refractivity contribution in [2.45, 2.75) is 4.90 Å². The van der Waals surface area contributed by atoms with Crippen molar-refractivity contribution >= 4 is 40.9 Å². The minimum atomic E-state index is 0.0701. The van der Waals surface area contributed by atoms with E-state index in [0.29, 0.717) is 28.9 Å². The summed E-state index contributed by atoms with van der Waals surface area (Å²) in [5, 5.41) is 10.1. The monoisotopic (exact) mass is 305 g/mol. The van der Waals surface area contributed by atoms with Crippen LogP contribution in [0, 0.1) is 5.92 Å². The summed E-state index contributed by atoms with van der Waals surface area (Å²) in [4.78, 5) is 14.4. The Kier molecular flexibility index (Phi) is 4.78. The molecule has 0 aliphatic carbocycles. The maximum absolute atomic E-state index is 11.8. The normalized spacial score (nSPS) is 15.6. The number of aliphatic hydroxyl groups is 1. The fourth-order valence-corrected chi connectivity index (χ4v) is 3.10. The highest BCUT2D eigenvalue weighted by Crippen LogP contribution is 2.30. The summed E-state index contributed by atoms with van der Waals surface area (Å²) in [6.07, 6.45) is 0. The molecule has 0 spiro atoms. The highest BCUT2D eigenvalue weighted by molar-refractivity contribution is 8.00. The van der Waals surface area contributed by atoms with Gasteiger partial charge in [-0.25, -0.2) is 0 Å². The first-order chi connectivity index (χ1) is 8.60. The van der Waals surface area contributed by atoms with E-state index in [-0.39, 0.29) is 18.4 Å². The van der Waals surface area contributed by atoms with Crippen LogP contribution in [0.15, 0.2) is 23.1 Å². The van der Waals surface area contributed by atoms with E-state index in [0.717, 1.165) is 4.90 Å². The molecule has 1 fully saturated rings. The Bertz CT molecular complexity index is 450. The summed E-state index contributed by atoms with van der Waals surface area (Å²) < 4.78 is 0. The van der Waals surface area contributed by atoms with E-state index in [1.54, 1.807) is 23.1 Å². The van der Waals surface area contributed by atoms with Gasteiger partial charge in [0.1, 0.15) is 0 Å². The van der Waals surface area contributed by atoms with Crippen LogP contribution in [0.3, 0.4) is 0 Å². The summed E-state index contributed by atoms with van der Waals surface area (Å²) in [5.41, 5.74) is 0. The molecule has 6 heteroatoms. The van der Waals surface area contributed by atoms with Gasteiger partial charge in [-0.15, -0.1) is 11.8 Å². The van der Waals surface area contributed by atoms with Crippen LogP contribution in [0.2, 0.25) is 10.0 Å². The lowest BCUT2D eigenvalue weighted by Crippen LogP contribution is -2.51. The number of halogens is 2. The number of amides is 1. The molecular weight excluding hydrogens is 293 g/mol. The number of hydrogen-bond donors (Lipinski definition) is 1. The molecule has 1 aromatic carbocycles. The topological polar surface area (TPSA) is 40.5 Å². The highest BCUT2D eigenvalue weighted by atomic mass is 35.5. The zero-order valence-corrected chi connectivity index (χ0v) is 11.9.